The van der Waals surface area contributed by atoms with Gasteiger partial charge in [-0.1, -0.05) is 12.1 Å². The predicted octanol–water partition coefficient (Wildman–Crippen LogP) is 2.44. The van der Waals surface area contributed by atoms with Gasteiger partial charge in [-0.15, -0.1) is 0 Å². The summed E-state index contributed by atoms with van der Waals surface area (Å²) in [6, 6.07) is 8.31. The zero-order valence-corrected chi connectivity index (χ0v) is 10.8. The lowest BCUT2D eigenvalue weighted by Gasteiger charge is -2.10. The van der Waals surface area contributed by atoms with Crippen molar-refractivity contribution < 1.29 is 4.74 Å². The Hall–Kier alpha value is -1.53. The molecule has 1 rings (SSSR count). The van der Waals surface area contributed by atoms with Gasteiger partial charge in [0, 0.05) is 6.54 Å². The Balaban J connectivity index is 2.50. The van der Waals surface area contributed by atoms with Crippen molar-refractivity contribution >= 4 is 0 Å². The van der Waals surface area contributed by atoms with Crippen LogP contribution in [0.3, 0.4) is 0 Å². The van der Waals surface area contributed by atoms with Gasteiger partial charge in [-0.2, -0.15) is 5.26 Å². The molecule has 0 bridgehead atoms. The van der Waals surface area contributed by atoms with Crippen molar-refractivity contribution in [3.05, 3.63) is 29.3 Å². The zero-order valence-electron chi connectivity index (χ0n) is 10.8. The third-order valence-corrected chi connectivity index (χ3v) is 2.60. The van der Waals surface area contributed by atoms with E-state index >= 15 is 0 Å². The molecule has 17 heavy (non-hydrogen) atoms. The standard InChI is InChI=1S/C14H20N2O/c1-4-17-14-6-5-13(9-11(14)2)7-8-16-12(3)10-15/h5-6,9,12,16H,4,7-8H2,1-3H3. The Morgan fingerprint density at radius 2 is 2.24 bits per heavy atom. The summed E-state index contributed by atoms with van der Waals surface area (Å²) in [5, 5.41) is 11.8. The topological polar surface area (TPSA) is 45.0 Å². The van der Waals surface area contributed by atoms with E-state index in [9.17, 15) is 0 Å². The van der Waals surface area contributed by atoms with E-state index in [4.69, 9.17) is 10.00 Å². The van der Waals surface area contributed by atoms with Gasteiger partial charge in [0.1, 0.15) is 5.75 Å². The van der Waals surface area contributed by atoms with Gasteiger partial charge in [0.05, 0.1) is 18.7 Å². The molecule has 0 radical (unpaired) electrons. The van der Waals surface area contributed by atoms with Crippen LogP contribution in [0.4, 0.5) is 0 Å². The molecule has 3 nitrogen and oxygen atoms in total. The number of ether oxygens (including phenoxy) is 1. The summed E-state index contributed by atoms with van der Waals surface area (Å²) in [5.41, 5.74) is 2.43. The van der Waals surface area contributed by atoms with Crippen LogP contribution in [0.15, 0.2) is 18.2 Å². The third-order valence-electron chi connectivity index (χ3n) is 2.60. The van der Waals surface area contributed by atoms with Crippen LogP contribution < -0.4 is 10.1 Å². The second-order valence-corrected chi connectivity index (χ2v) is 4.09. The molecule has 0 spiro atoms. The molecule has 1 unspecified atom stereocenters. The molecule has 0 amide bonds. The highest BCUT2D eigenvalue weighted by molar-refractivity contribution is 5.36. The number of hydrogen-bond donors (Lipinski definition) is 1. The van der Waals surface area contributed by atoms with Crippen LogP contribution in [0, 0.1) is 18.3 Å². The van der Waals surface area contributed by atoms with E-state index < -0.39 is 0 Å². The average Bonchev–Trinajstić information content (AvgIpc) is 2.32. The van der Waals surface area contributed by atoms with Crippen molar-refractivity contribution in [2.24, 2.45) is 0 Å². The summed E-state index contributed by atoms with van der Waals surface area (Å²) in [6.45, 7) is 7.42. The highest BCUT2D eigenvalue weighted by atomic mass is 16.5. The molecule has 1 aromatic carbocycles. The number of benzene rings is 1. The fourth-order valence-electron chi connectivity index (χ4n) is 1.66. The van der Waals surface area contributed by atoms with Crippen LogP contribution in [0.5, 0.6) is 5.75 Å². The van der Waals surface area contributed by atoms with Crippen LogP contribution in [0.1, 0.15) is 25.0 Å². The number of nitrogens with one attached hydrogen (secondary N) is 1. The van der Waals surface area contributed by atoms with Crippen molar-refractivity contribution in [2.45, 2.75) is 33.2 Å². The summed E-state index contributed by atoms with van der Waals surface area (Å²) in [5.74, 6) is 0.953. The molecule has 0 aliphatic heterocycles. The minimum atomic E-state index is -0.0844. The van der Waals surface area contributed by atoms with Crippen LogP contribution in [-0.4, -0.2) is 19.2 Å². The lowest BCUT2D eigenvalue weighted by atomic mass is 10.1. The molecule has 0 saturated carbocycles. The number of nitrogens with zero attached hydrogens (tertiary/aromatic N) is 1. The fraction of sp³-hybridized carbons (Fsp3) is 0.500. The molecule has 0 saturated heterocycles. The van der Waals surface area contributed by atoms with Gasteiger partial charge in [-0.05, 0) is 44.4 Å². The summed E-state index contributed by atoms with van der Waals surface area (Å²) < 4.78 is 5.49. The van der Waals surface area contributed by atoms with Gasteiger partial charge >= 0.3 is 0 Å². The van der Waals surface area contributed by atoms with E-state index in [1.165, 1.54) is 5.56 Å². The Bertz CT molecular complexity index is 396. The molecule has 1 aromatic rings. The smallest absolute Gasteiger partial charge is 0.122 e. The second-order valence-electron chi connectivity index (χ2n) is 4.09. The van der Waals surface area contributed by atoms with E-state index in [-0.39, 0.29) is 6.04 Å². The Morgan fingerprint density at radius 3 is 2.82 bits per heavy atom. The third kappa shape index (κ3) is 4.46. The Morgan fingerprint density at radius 1 is 1.47 bits per heavy atom. The van der Waals surface area contributed by atoms with E-state index in [0.717, 1.165) is 24.3 Å². The maximum absolute atomic E-state index is 8.64. The monoisotopic (exact) mass is 232 g/mol. The van der Waals surface area contributed by atoms with Crippen molar-refractivity contribution in [3.63, 3.8) is 0 Å². The van der Waals surface area contributed by atoms with Gasteiger partial charge in [0.25, 0.3) is 0 Å². The summed E-state index contributed by atoms with van der Waals surface area (Å²) in [4.78, 5) is 0. The normalized spacial score (nSPS) is 11.9. The second kappa shape index (κ2) is 6.93. The molecule has 3 heteroatoms. The lowest BCUT2D eigenvalue weighted by Crippen LogP contribution is -2.26. The minimum Gasteiger partial charge on any atom is -0.494 e. The molecule has 0 aromatic heterocycles. The van der Waals surface area contributed by atoms with E-state index in [2.05, 4.69) is 30.4 Å². The number of aryl methyl sites for hydroxylation is 1. The number of hydrogen-bond acceptors (Lipinski definition) is 3. The van der Waals surface area contributed by atoms with Gasteiger partial charge in [0.2, 0.25) is 0 Å². The number of rotatable bonds is 6. The van der Waals surface area contributed by atoms with Gasteiger partial charge in [-0.25, -0.2) is 0 Å². The van der Waals surface area contributed by atoms with E-state index in [0.29, 0.717) is 6.61 Å². The van der Waals surface area contributed by atoms with Crippen molar-refractivity contribution in [1.29, 1.82) is 5.26 Å². The maximum atomic E-state index is 8.64. The quantitative estimate of drug-likeness (QED) is 0.819. The van der Waals surface area contributed by atoms with Gasteiger partial charge < -0.3 is 10.1 Å². The van der Waals surface area contributed by atoms with Crippen LogP contribution in [-0.2, 0) is 6.42 Å². The largest absolute Gasteiger partial charge is 0.494 e. The highest BCUT2D eigenvalue weighted by Crippen LogP contribution is 2.19. The lowest BCUT2D eigenvalue weighted by molar-refractivity contribution is 0.338. The first-order valence-corrected chi connectivity index (χ1v) is 6.02. The highest BCUT2D eigenvalue weighted by Gasteiger charge is 2.02. The summed E-state index contributed by atoms with van der Waals surface area (Å²) >= 11 is 0. The first-order chi connectivity index (χ1) is 8.17. The summed E-state index contributed by atoms with van der Waals surface area (Å²) in [7, 11) is 0. The van der Waals surface area contributed by atoms with Crippen LogP contribution in [0.25, 0.3) is 0 Å². The van der Waals surface area contributed by atoms with Crippen molar-refractivity contribution in [3.8, 4) is 11.8 Å². The van der Waals surface area contributed by atoms with Crippen LogP contribution in [0.2, 0.25) is 0 Å². The first-order valence-electron chi connectivity index (χ1n) is 6.02. The van der Waals surface area contributed by atoms with Crippen molar-refractivity contribution in [2.75, 3.05) is 13.2 Å². The Labute approximate surface area is 103 Å². The van der Waals surface area contributed by atoms with Gasteiger partial charge in [-0.3, -0.25) is 0 Å². The minimum absolute atomic E-state index is 0.0844. The average molecular weight is 232 g/mol. The molecule has 92 valence electrons. The Kier molecular flexibility index (Phi) is 5.51. The molecule has 1 atom stereocenters. The molecular weight excluding hydrogens is 212 g/mol. The fourth-order valence-corrected chi connectivity index (χ4v) is 1.66. The van der Waals surface area contributed by atoms with Crippen LogP contribution >= 0.6 is 0 Å². The first kappa shape index (κ1) is 13.5. The predicted molar refractivity (Wildman–Crippen MR) is 69.1 cm³/mol. The zero-order chi connectivity index (χ0) is 12.7. The van der Waals surface area contributed by atoms with E-state index in [1.807, 2.05) is 19.9 Å². The SMILES string of the molecule is CCOc1ccc(CCNC(C)C#N)cc1C. The maximum Gasteiger partial charge on any atom is 0.122 e. The summed E-state index contributed by atoms with van der Waals surface area (Å²) in [6.07, 6.45) is 0.930. The van der Waals surface area contributed by atoms with E-state index in [1.54, 1.807) is 0 Å². The molecule has 0 aliphatic rings. The number of nitriles is 1. The molecule has 0 aliphatic carbocycles. The molecule has 1 N–H and O–H groups in total. The molecule has 0 fully saturated rings. The molecular formula is C14H20N2O. The van der Waals surface area contributed by atoms with Gasteiger partial charge in [0.15, 0.2) is 0 Å². The van der Waals surface area contributed by atoms with Crippen molar-refractivity contribution in [1.82, 2.24) is 5.32 Å². The molecule has 0 heterocycles.